The second-order valence-corrected chi connectivity index (χ2v) is 3.43. The summed E-state index contributed by atoms with van der Waals surface area (Å²) >= 11 is 0. The molecular weight excluding hydrogens is 210 g/mol. The van der Waals surface area contributed by atoms with Crippen LogP contribution in [-0.2, 0) is 16.1 Å². The van der Waals surface area contributed by atoms with Crippen LogP contribution in [0.25, 0.3) is 0 Å². The fraction of sp³-hybridized carbons (Fsp3) is 0.273. The summed E-state index contributed by atoms with van der Waals surface area (Å²) in [5, 5.41) is 22.3. The van der Waals surface area contributed by atoms with Crippen LogP contribution in [-0.4, -0.2) is 18.0 Å². The molecule has 0 aliphatic rings. The van der Waals surface area contributed by atoms with Crippen molar-refractivity contribution in [1.29, 1.82) is 0 Å². The van der Waals surface area contributed by atoms with Gasteiger partial charge in [0.25, 0.3) is 0 Å². The fourth-order valence-corrected chi connectivity index (χ4v) is 1.33. The summed E-state index contributed by atoms with van der Waals surface area (Å²) in [4.78, 5) is 20.9. The van der Waals surface area contributed by atoms with Crippen LogP contribution in [0.3, 0.4) is 0 Å². The Morgan fingerprint density at radius 2 is 1.81 bits per heavy atom. The molecule has 0 aliphatic heterocycles. The van der Waals surface area contributed by atoms with Crippen molar-refractivity contribution in [2.45, 2.75) is 19.0 Å². The number of carboxylic acid groups (broad SMARTS) is 2. The van der Waals surface area contributed by atoms with Crippen molar-refractivity contribution < 1.29 is 25.1 Å². The molecule has 1 rings (SSSR count). The molecule has 16 heavy (non-hydrogen) atoms. The lowest BCUT2D eigenvalue weighted by Gasteiger charge is -2.16. The second kappa shape index (κ2) is 5.87. The third-order valence-electron chi connectivity index (χ3n) is 2.17. The van der Waals surface area contributed by atoms with Crippen LogP contribution in [0, 0.1) is 0 Å². The van der Waals surface area contributed by atoms with Crippen molar-refractivity contribution in [3.63, 3.8) is 0 Å². The molecule has 1 aromatic rings. The number of hydrogen-bond acceptors (Lipinski definition) is 4. The standard InChI is InChI=1S/C11H13NO4/c13-10(14)6-9(11(15)16)12-7-8-4-2-1-3-5-8/h1-5,9,12H,6-7H2,(H,13,14)(H,15,16)/p-1/t9-/m1/s1. The van der Waals surface area contributed by atoms with Crippen LogP contribution < -0.4 is 15.5 Å². The van der Waals surface area contributed by atoms with Crippen molar-refractivity contribution >= 4 is 11.9 Å². The van der Waals surface area contributed by atoms with Crippen LogP contribution in [0.4, 0.5) is 0 Å². The first-order valence-corrected chi connectivity index (χ1v) is 4.87. The minimum atomic E-state index is -1.39. The molecule has 1 aromatic carbocycles. The zero-order valence-corrected chi connectivity index (χ0v) is 8.59. The summed E-state index contributed by atoms with van der Waals surface area (Å²) in [6, 6.07) is 8.07. The number of carboxylic acids is 2. The van der Waals surface area contributed by atoms with Gasteiger partial charge in [0.2, 0.25) is 0 Å². The van der Waals surface area contributed by atoms with Gasteiger partial charge in [0.1, 0.15) is 12.6 Å². The Morgan fingerprint density at radius 3 is 2.31 bits per heavy atom. The number of aliphatic carboxylic acids is 2. The molecule has 0 bridgehead atoms. The van der Waals surface area contributed by atoms with Gasteiger partial charge in [0.05, 0.1) is 5.97 Å². The van der Waals surface area contributed by atoms with Gasteiger partial charge in [-0.05, 0) is 0 Å². The van der Waals surface area contributed by atoms with Crippen molar-refractivity contribution in [3.8, 4) is 0 Å². The first-order valence-electron chi connectivity index (χ1n) is 4.87. The highest BCUT2D eigenvalue weighted by atomic mass is 16.4. The minimum absolute atomic E-state index is 0.396. The Bertz CT molecular complexity index is 364. The van der Waals surface area contributed by atoms with Crippen LogP contribution >= 0.6 is 0 Å². The number of carbonyl (C=O) groups excluding carboxylic acids is 2. The van der Waals surface area contributed by atoms with E-state index in [9.17, 15) is 19.8 Å². The Labute approximate surface area is 92.7 Å². The Hall–Kier alpha value is -1.88. The quantitative estimate of drug-likeness (QED) is 0.555. The van der Waals surface area contributed by atoms with E-state index in [4.69, 9.17) is 0 Å². The lowest BCUT2D eigenvalue weighted by Crippen LogP contribution is -2.92. The van der Waals surface area contributed by atoms with E-state index in [1.54, 1.807) is 0 Å². The Balaban J connectivity index is 2.50. The predicted octanol–water partition coefficient (Wildman–Crippen LogP) is -2.99. The molecule has 0 aliphatic carbocycles. The van der Waals surface area contributed by atoms with Crippen molar-refractivity contribution in [3.05, 3.63) is 35.9 Å². The van der Waals surface area contributed by atoms with E-state index in [0.29, 0.717) is 6.54 Å². The Morgan fingerprint density at radius 1 is 1.19 bits per heavy atom. The molecular formula is C11H12NO4-. The van der Waals surface area contributed by atoms with Gasteiger partial charge >= 0.3 is 0 Å². The van der Waals surface area contributed by atoms with Crippen molar-refractivity contribution in [2.24, 2.45) is 0 Å². The summed E-state index contributed by atoms with van der Waals surface area (Å²) in [5.74, 6) is -2.78. The second-order valence-electron chi connectivity index (χ2n) is 3.43. The zero-order chi connectivity index (χ0) is 12.0. The average Bonchev–Trinajstić information content (AvgIpc) is 2.25. The van der Waals surface area contributed by atoms with Crippen LogP contribution in [0.15, 0.2) is 30.3 Å². The first kappa shape index (κ1) is 12.2. The van der Waals surface area contributed by atoms with E-state index in [1.807, 2.05) is 30.3 Å². The third-order valence-corrected chi connectivity index (χ3v) is 2.17. The molecule has 2 N–H and O–H groups in total. The highest BCUT2D eigenvalue weighted by Gasteiger charge is 2.13. The van der Waals surface area contributed by atoms with Crippen LogP contribution in [0.1, 0.15) is 12.0 Å². The summed E-state index contributed by atoms with van der Waals surface area (Å²) in [6.07, 6.45) is -0.546. The SMILES string of the molecule is O=C([O-])C[C@@H]([NH2+]Cc1ccccc1)C(=O)[O-]. The fourth-order valence-electron chi connectivity index (χ4n) is 1.33. The molecule has 0 unspecified atom stereocenters. The van der Waals surface area contributed by atoms with Gasteiger partial charge in [-0.1, -0.05) is 30.3 Å². The van der Waals surface area contributed by atoms with E-state index in [0.717, 1.165) is 5.56 Å². The molecule has 0 fully saturated rings. The van der Waals surface area contributed by atoms with Crippen molar-refractivity contribution in [1.82, 2.24) is 0 Å². The predicted molar refractivity (Wildman–Crippen MR) is 50.5 cm³/mol. The lowest BCUT2D eigenvalue weighted by atomic mass is 10.1. The highest BCUT2D eigenvalue weighted by molar-refractivity contribution is 5.76. The molecule has 1 atom stereocenters. The zero-order valence-electron chi connectivity index (χ0n) is 8.59. The van der Waals surface area contributed by atoms with Crippen LogP contribution in [0.5, 0.6) is 0 Å². The molecule has 0 heterocycles. The number of hydrogen-bond donors (Lipinski definition) is 1. The van der Waals surface area contributed by atoms with Crippen LogP contribution in [0.2, 0.25) is 0 Å². The monoisotopic (exact) mass is 222 g/mol. The smallest absolute Gasteiger partial charge is 0.132 e. The number of quaternary nitrogens is 1. The molecule has 0 aromatic heterocycles. The van der Waals surface area contributed by atoms with E-state index >= 15 is 0 Å². The van der Waals surface area contributed by atoms with Gasteiger partial charge in [0.15, 0.2) is 0 Å². The molecule has 0 saturated heterocycles. The minimum Gasteiger partial charge on any atom is -0.550 e. The largest absolute Gasteiger partial charge is 0.550 e. The van der Waals surface area contributed by atoms with Gasteiger partial charge in [-0.25, -0.2) is 0 Å². The van der Waals surface area contributed by atoms with Gasteiger partial charge in [-0.3, -0.25) is 0 Å². The lowest BCUT2D eigenvalue weighted by molar-refractivity contribution is -0.698. The molecule has 0 saturated carbocycles. The topological polar surface area (TPSA) is 96.9 Å². The highest BCUT2D eigenvalue weighted by Crippen LogP contribution is 1.95. The molecule has 0 radical (unpaired) electrons. The van der Waals surface area contributed by atoms with Gasteiger partial charge in [-0.2, -0.15) is 0 Å². The Kier molecular flexibility index (Phi) is 4.47. The van der Waals surface area contributed by atoms with E-state index in [1.165, 1.54) is 5.32 Å². The van der Waals surface area contributed by atoms with E-state index < -0.39 is 24.4 Å². The van der Waals surface area contributed by atoms with Gasteiger partial charge < -0.3 is 25.1 Å². The number of rotatable bonds is 6. The van der Waals surface area contributed by atoms with Crippen molar-refractivity contribution in [2.75, 3.05) is 0 Å². The summed E-state index contributed by atoms with van der Waals surface area (Å²) < 4.78 is 0. The molecule has 5 nitrogen and oxygen atoms in total. The average molecular weight is 222 g/mol. The number of benzene rings is 1. The number of carbonyl (C=O) groups is 2. The van der Waals surface area contributed by atoms with E-state index in [2.05, 4.69) is 0 Å². The third kappa shape index (κ3) is 4.10. The summed E-state index contributed by atoms with van der Waals surface area (Å²) in [6.45, 7) is 0.396. The molecule has 86 valence electrons. The molecule has 0 spiro atoms. The molecule has 0 amide bonds. The maximum Gasteiger partial charge on any atom is 0.132 e. The molecule has 5 heteroatoms. The maximum absolute atomic E-state index is 10.6. The first-order chi connectivity index (χ1) is 7.59. The summed E-state index contributed by atoms with van der Waals surface area (Å²) in [7, 11) is 0. The maximum atomic E-state index is 10.6. The summed E-state index contributed by atoms with van der Waals surface area (Å²) in [5.41, 5.74) is 0.923. The van der Waals surface area contributed by atoms with Gasteiger partial charge in [0, 0.05) is 18.0 Å². The normalized spacial score (nSPS) is 12.0. The number of nitrogens with two attached hydrogens (primary N) is 1. The van der Waals surface area contributed by atoms with E-state index in [-0.39, 0.29) is 0 Å². The van der Waals surface area contributed by atoms with Gasteiger partial charge in [-0.15, -0.1) is 0 Å².